The molecule has 1 aromatic carbocycles. The average Bonchev–Trinajstić information content (AvgIpc) is 2.94. The van der Waals surface area contributed by atoms with Crippen molar-refractivity contribution in [2.24, 2.45) is 0 Å². The molecule has 132 valence electrons. The molecule has 0 amide bonds. The maximum Gasteiger partial charge on any atom is 0.338 e. The van der Waals surface area contributed by atoms with E-state index in [1.165, 1.54) is 0 Å². The van der Waals surface area contributed by atoms with Gasteiger partial charge in [0.15, 0.2) is 0 Å². The number of nitrogens with one attached hydrogen (secondary N) is 1. The summed E-state index contributed by atoms with van der Waals surface area (Å²) >= 11 is 12.2. The molecular weight excluding hydrogens is 361 g/mol. The summed E-state index contributed by atoms with van der Waals surface area (Å²) < 4.78 is 7.35. The number of halogens is 2. The topological polar surface area (TPSA) is 56.2 Å². The number of carbonyl (C=O) groups is 1. The lowest BCUT2D eigenvalue weighted by molar-refractivity contribution is -0.150. The lowest BCUT2D eigenvalue weighted by Crippen LogP contribution is -2.33. The SMILES string of the molecule is CC1=C(C(=O)OC(C)(C)C)[C@@H](c2ccc(Cl)c(Cl)c2)n2nccc2N1. The van der Waals surface area contributed by atoms with Crippen molar-refractivity contribution in [3.63, 3.8) is 0 Å². The monoisotopic (exact) mass is 379 g/mol. The van der Waals surface area contributed by atoms with Gasteiger partial charge in [-0.15, -0.1) is 0 Å². The summed E-state index contributed by atoms with van der Waals surface area (Å²) in [6.45, 7) is 7.36. The van der Waals surface area contributed by atoms with Crippen molar-refractivity contribution in [2.45, 2.75) is 39.3 Å². The molecule has 5 nitrogen and oxygen atoms in total. The third-order valence-electron chi connectivity index (χ3n) is 3.79. The molecule has 1 N–H and O–H groups in total. The lowest BCUT2D eigenvalue weighted by atomic mass is 9.95. The Bertz CT molecular complexity index is 865. The zero-order valence-electron chi connectivity index (χ0n) is 14.4. The Balaban J connectivity index is 2.13. The van der Waals surface area contributed by atoms with Gasteiger partial charge in [0, 0.05) is 11.8 Å². The highest BCUT2D eigenvalue weighted by molar-refractivity contribution is 6.42. The van der Waals surface area contributed by atoms with Crippen LogP contribution in [0.3, 0.4) is 0 Å². The highest BCUT2D eigenvalue weighted by atomic mass is 35.5. The van der Waals surface area contributed by atoms with Crippen LogP contribution in [0.15, 0.2) is 41.7 Å². The van der Waals surface area contributed by atoms with Crippen LogP contribution < -0.4 is 5.32 Å². The molecule has 7 heteroatoms. The molecule has 1 atom stereocenters. The minimum atomic E-state index is -0.600. The van der Waals surface area contributed by atoms with Crippen molar-refractivity contribution in [2.75, 3.05) is 5.32 Å². The summed E-state index contributed by atoms with van der Waals surface area (Å²) in [5, 5.41) is 8.45. The van der Waals surface area contributed by atoms with E-state index in [-0.39, 0.29) is 0 Å². The summed E-state index contributed by atoms with van der Waals surface area (Å²) in [7, 11) is 0. The van der Waals surface area contributed by atoms with E-state index in [4.69, 9.17) is 27.9 Å². The number of fused-ring (bicyclic) bond motifs is 1. The number of allylic oxidation sites excluding steroid dienone is 1. The Kier molecular flexibility index (Phi) is 4.56. The van der Waals surface area contributed by atoms with Crippen molar-refractivity contribution in [1.29, 1.82) is 0 Å². The molecule has 0 fully saturated rings. The van der Waals surface area contributed by atoms with Crippen molar-refractivity contribution >= 4 is 35.0 Å². The molecule has 0 unspecified atom stereocenters. The highest BCUT2D eigenvalue weighted by Gasteiger charge is 2.35. The lowest BCUT2D eigenvalue weighted by Gasteiger charge is -2.31. The smallest absolute Gasteiger partial charge is 0.338 e. The third kappa shape index (κ3) is 3.53. The quantitative estimate of drug-likeness (QED) is 0.759. The number of esters is 1. The normalized spacial score (nSPS) is 17.1. The number of hydrogen-bond donors (Lipinski definition) is 1. The summed E-state index contributed by atoms with van der Waals surface area (Å²) in [6, 6.07) is 6.71. The van der Waals surface area contributed by atoms with E-state index >= 15 is 0 Å². The molecule has 1 aliphatic rings. The molecule has 0 bridgehead atoms. The number of nitrogens with zero attached hydrogens (tertiary/aromatic N) is 2. The molecule has 0 saturated heterocycles. The molecule has 0 radical (unpaired) electrons. The molecule has 1 aliphatic heterocycles. The first-order chi connectivity index (χ1) is 11.7. The average molecular weight is 380 g/mol. The van der Waals surface area contributed by atoms with E-state index in [9.17, 15) is 4.79 Å². The largest absolute Gasteiger partial charge is 0.456 e. The minimum Gasteiger partial charge on any atom is -0.456 e. The molecule has 0 spiro atoms. The van der Waals surface area contributed by atoms with Crippen molar-refractivity contribution < 1.29 is 9.53 Å². The second kappa shape index (κ2) is 6.39. The Morgan fingerprint density at radius 3 is 2.60 bits per heavy atom. The van der Waals surface area contributed by atoms with Crippen LogP contribution in [0, 0.1) is 0 Å². The number of benzene rings is 1. The second-order valence-electron chi connectivity index (χ2n) is 6.90. The van der Waals surface area contributed by atoms with Crippen LogP contribution in [-0.2, 0) is 9.53 Å². The second-order valence-corrected chi connectivity index (χ2v) is 7.72. The van der Waals surface area contributed by atoms with E-state index in [0.29, 0.717) is 15.6 Å². The summed E-state index contributed by atoms with van der Waals surface area (Å²) in [5.74, 6) is 0.399. The van der Waals surface area contributed by atoms with Gasteiger partial charge >= 0.3 is 5.97 Å². The standard InChI is InChI=1S/C18H19Cl2N3O2/c1-10-15(17(24)25-18(2,3)4)16(23-14(22-10)7-8-21-23)11-5-6-12(19)13(20)9-11/h5-9,16,22H,1-4H3/t16-/m1/s1. The first-order valence-electron chi connectivity index (χ1n) is 7.87. The summed E-state index contributed by atoms with van der Waals surface area (Å²) in [4.78, 5) is 12.9. The van der Waals surface area contributed by atoms with Gasteiger partial charge in [-0.05, 0) is 45.4 Å². The van der Waals surface area contributed by atoms with E-state index in [0.717, 1.165) is 17.1 Å². The predicted octanol–water partition coefficient (Wildman–Crippen LogP) is 4.82. The Morgan fingerprint density at radius 1 is 1.24 bits per heavy atom. The van der Waals surface area contributed by atoms with Gasteiger partial charge in [-0.3, -0.25) is 0 Å². The fourth-order valence-corrected chi connectivity index (χ4v) is 3.10. The molecule has 2 aromatic rings. The molecule has 3 rings (SSSR count). The van der Waals surface area contributed by atoms with Gasteiger partial charge in [0.25, 0.3) is 0 Å². The number of anilines is 1. The summed E-state index contributed by atoms with van der Waals surface area (Å²) in [5.41, 5.74) is 1.42. The van der Waals surface area contributed by atoms with Crippen molar-refractivity contribution in [1.82, 2.24) is 9.78 Å². The van der Waals surface area contributed by atoms with Crippen molar-refractivity contribution in [3.05, 3.63) is 57.3 Å². The number of hydrogen-bond acceptors (Lipinski definition) is 4. The van der Waals surface area contributed by atoms with Gasteiger partial charge in [0.05, 0.1) is 21.8 Å². The molecule has 0 saturated carbocycles. The van der Waals surface area contributed by atoms with E-state index in [1.807, 2.05) is 39.8 Å². The van der Waals surface area contributed by atoms with Gasteiger partial charge in [-0.1, -0.05) is 29.3 Å². The number of ether oxygens (including phenoxy) is 1. The van der Waals surface area contributed by atoms with Crippen LogP contribution >= 0.6 is 23.2 Å². The maximum absolute atomic E-state index is 12.9. The fourth-order valence-electron chi connectivity index (χ4n) is 2.79. The summed E-state index contributed by atoms with van der Waals surface area (Å²) in [6.07, 6.45) is 1.68. The molecule has 1 aromatic heterocycles. The van der Waals surface area contributed by atoms with Crippen LogP contribution in [0.1, 0.15) is 39.3 Å². The van der Waals surface area contributed by atoms with E-state index < -0.39 is 17.6 Å². The van der Waals surface area contributed by atoms with Crippen LogP contribution in [0.2, 0.25) is 10.0 Å². The molecule has 0 aliphatic carbocycles. The highest BCUT2D eigenvalue weighted by Crippen LogP contribution is 2.38. The van der Waals surface area contributed by atoms with Crippen molar-refractivity contribution in [3.8, 4) is 0 Å². The molecule has 25 heavy (non-hydrogen) atoms. The Labute approximate surface area is 156 Å². The number of carbonyl (C=O) groups excluding carboxylic acids is 1. The maximum atomic E-state index is 12.9. The minimum absolute atomic E-state index is 0.394. The fraction of sp³-hybridized carbons (Fsp3) is 0.333. The van der Waals surface area contributed by atoms with Gasteiger partial charge in [-0.2, -0.15) is 5.10 Å². The van der Waals surface area contributed by atoms with Crippen LogP contribution in [-0.4, -0.2) is 21.4 Å². The van der Waals surface area contributed by atoms with E-state index in [1.54, 1.807) is 23.0 Å². The zero-order chi connectivity index (χ0) is 18.4. The molecule has 2 heterocycles. The molecular formula is C18H19Cl2N3O2. The van der Waals surface area contributed by atoms with Crippen LogP contribution in [0.4, 0.5) is 5.82 Å². The van der Waals surface area contributed by atoms with Gasteiger partial charge in [0.2, 0.25) is 0 Å². The third-order valence-corrected chi connectivity index (χ3v) is 4.53. The number of aromatic nitrogens is 2. The first kappa shape index (κ1) is 17.8. The first-order valence-corrected chi connectivity index (χ1v) is 8.62. The number of rotatable bonds is 2. The predicted molar refractivity (Wildman–Crippen MR) is 99.0 cm³/mol. The Morgan fingerprint density at radius 2 is 1.96 bits per heavy atom. The van der Waals surface area contributed by atoms with E-state index in [2.05, 4.69) is 10.4 Å². The van der Waals surface area contributed by atoms with Crippen LogP contribution in [0.5, 0.6) is 0 Å². The zero-order valence-corrected chi connectivity index (χ0v) is 15.9. The van der Waals surface area contributed by atoms with Gasteiger partial charge < -0.3 is 10.1 Å². The van der Waals surface area contributed by atoms with Gasteiger partial charge in [-0.25, -0.2) is 9.48 Å². The van der Waals surface area contributed by atoms with Gasteiger partial charge in [0.1, 0.15) is 17.5 Å². The Hall–Kier alpha value is -1.98. The van der Waals surface area contributed by atoms with Crippen LogP contribution in [0.25, 0.3) is 0 Å².